The Bertz CT molecular complexity index is 653. The lowest BCUT2D eigenvalue weighted by molar-refractivity contribution is -0.393. The maximum absolute atomic E-state index is 10.9. The van der Waals surface area contributed by atoms with Crippen molar-refractivity contribution in [1.82, 2.24) is 0 Å². The monoisotopic (exact) mass is 360 g/mol. The molecule has 0 saturated carbocycles. The fourth-order valence-electron chi connectivity index (χ4n) is 1.69. The largest absolute Gasteiger partial charge is 0.394 e. The molecule has 0 saturated heterocycles. The molecule has 6 N–H and O–H groups in total. The van der Waals surface area contributed by atoms with E-state index in [1.165, 1.54) is 0 Å². The van der Waals surface area contributed by atoms with Crippen LogP contribution in [0.1, 0.15) is 0 Å². The molecule has 0 bridgehead atoms. The zero-order valence-electron chi connectivity index (χ0n) is 12.5. The minimum absolute atomic E-state index is 0.218. The molecule has 1 rings (SSSR count). The molecule has 0 unspecified atom stereocenters. The minimum Gasteiger partial charge on any atom is -0.394 e. The standard InChI is InChI=1S/C12H16N4O9/c17-5-10(19)12(21)11(20)9(18)4-13-14-7-2-1-6(15(22)23)3-8(7)16(24)25/h1-4,9-12,14,17-21H,5H2/t9-,10+,11+,12+/m0/s1. The first-order chi connectivity index (χ1) is 11.7. The molecule has 1 aromatic rings. The van der Waals surface area contributed by atoms with E-state index in [0.717, 1.165) is 12.1 Å². The molecule has 0 radical (unpaired) electrons. The third-order valence-corrected chi connectivity index (χ3v) is 3.08. The number of nitrogens with zero attached hydrogens (tertiary/aromatic N) is 3. The van der Waals surface area contributed by atoms with Crippen molar-refractivity contribution < 1.29 is 35.4 Å². The molecule has 1 aromatic carbocycles. The summed E-state index contributed by atoms with van der Waals surface area (Å²) in [4.78, 5) is 19.8. The highest BCUT2D eigenvalue weighted by molar-refractivity contribution is 5.69. The molecule has 0 spiro atoms. The average molecular weight is 360 g/mol. The van der Waals surface area contributed by atoms with E-state index in [0.29, 0.717) is 12.3 Å². The zero-order valence-corrected chi connectivity index (χ0v) is 12.5. The summed E-state index contributed by atoms with van der Waals surface area (Å²) in [5.74, 6) is 0. The number of nitro benzene ring substituents is 2. The number of nitrogens with one attached hydrogen (secondary N) is 1. The minimum atomic E-state index is -1.89. The third kappa shape index (κ3) is 5.40. The molecular weight excluding hydrogens is 344 g/mol. The van der Waals surface area contributed by atoms with Gasteiger partial charge in [0.25, 0.3) is 5.69 Å². The first kappa shape index (κ1) is 20.3. The van der Waals surface area contributed by atoms with Crippen molar-refractivity contribution in [1.29, 1.82) is 0 Å². The van der Waals surface area contributed by atoms with Crippen LogP contribution in [0.4, 0.5) is 17.1 Å². The number of hydrogen-bond acceptors (Lipinski definition) is 11. The van der Waals surface area contributed by atoms with E-state index in [4.69, 9.17) is 10.2 Å². The molecular formula is C12H16N4O9. The molecule has 25 heavy (non-hydrogen) atoms. The summed E-state index contributed by atoms with van der Waals surface area (Å²) in [6.45, 7) is -0.852. The summed E-state index contributed by atoms with van der Waals surface area (Å²) in [6.07, 6.45) is -6.54. The van der Waals surface area contributed by atoms with Gasteiger partial charge in [-0.2, -0.15) is 5.10 Å². The maximum atomic E-state index is 10.9. The highest BCUT2D eigenvalue weighted by Crippen LogP contribution is 2.28. The van der Waals surface area contributed by atoms with Crippen molar-refractivity contribution in [2.75, 3.05) is 12.0 Å². The highest BCUT2D eigenvalue weighted by Gasteiger charge is 2.29. The van der Waals surface area contributed by atoms with Crippen LogP contribution in [-0.4, -0.2) is 72.6 Å². The fraction of sp³-hybridized carbons (Fsp3) is 0.417. The van der Waals surface area contributed by atoms with Crippen LogP contribution in [0.5, 0.6) is 0 Å². The van der Waals surface area contributed by atoms with E-state index in [2.05, 4.69) is 10.5 Å². The summed E-state index contributed by atoms with van der Waals surface area (Å²) in [5, 5.41) is 71.3. The number of aliphatic hydroxyl groups is 5. The molecule has 13 nitrogen and oxygen atoms in total. The van der Waals surface area contributed by atoms with E-state index in [1.807, 2.05) is 0 Å². The Hall–Kier alpha value is -2.71. The van der Waals surface area contributed by atoms with Gasteiger partial charge in [-0.3, -0.25) is 25.7 Å². The van der Waals surface area contributed by atoms with Gasteiger partial charge in [0.15, 0.2) is 0 Å². The van der Waals surface area contributed by atoms with E-state index in [1.54, 1.807) is 0 Å². The maximum Gasteiger partial charge on any atom is 0.301 e. The van der Waals surface area contributed by atoms with Gasteiger partial charge in [0, 0.05) is 6.07 Å². The third-order valence-electron chi connectivity index (χ3n) is 3.08. The lowest BCUT2D eigenvalue weighted by atomic mass is 10.0. The van der Waals surface area contributed by atoms with Crippen molar-refractivity contribution in [3.05, 3.63) is 38.4 Å². The van der Waals surface area contributed by atoms with Crippen molar-refractivity contribution in [2.24, 2.45) is 5.10 Å². The zero-order chi connectivity index (χ0) is 19.1. The average Bonchev–Trinajstić information content (AvgIpc) is 2.59. The molecule has 138 valence electrons. The first-order valence-corrected chi connectivity index (χ1v) is 6.74. The van der Waals surface area contributed by atoms with Crippen LogP contribution in [0.15, 0.2) is 23.3 Å². The smallest absolute Gasteiger partial charge is 0.301 e. The topological polar surface area (TPSA) is 212 Å². The van der Waals surface area contributed by atoms with Gasteiger partial charge in [-0.15, -0.1) is 0 Å². The van der Waals surface area contributed by atoms with Gasteiger partial charge in [0.05, 0.1) is 28.7 Å². The van der Waals surface area contributed by atoms with Crippen LogP contribution in [0.2, 0.25) is 0 Å². The van der Waals surface area contributed by atoms with Crippen LogP contribution in [0.3, 0.4) is 0 Å². The second-order valence-corrected chi connectivity index (χ2v) is 4.83. The Kier molecular flexibility index (Phi) is 7.28. The number of nitro groups is 2. The van der Waals surface area contributed by atoms with Crippen LogP contribution in [0, 0.1) is 20.2 Å². The van der Waals surface area contributed by atoms with Gasteiger partial charge in [-0.05, 0) is 6.07 Å². The van der Waals surface area contributed by atoms with Crippen LogP contribution in [0.25, 0.3) is 0 Å². The second kappa shape index (κ2) is 8.95. The number of non-ortho nitro benzene ring substituents is 1. The normalized spacial score (nSPS) is 16.2. The predicted molar refractivity (Wildman–Crippen MR) is 83.0 cm³/mol. The fourth-order valence-corrected chi connectivity index (χ4v) is 1.69. The molecule has 0 aliphatic heterocycles. The van der Waals surface area contributed by atoms with Crippen LogP contribution < -0.4 is 5.43 Å². The molecule has 0 aliphatic rings. The van der Waals surface area contributed by atoms with E-state index in [-0.39, 0.29) is 5.69 Å². The first-order valence-electron chi connectivity index (χ1n) is 6.74. The van der Waals surface area contributed by atoms with E-state index >= 15 is 0 Å². The predicted octanol–water partition coefficient (Wildman–Crippen LogP) is -1.66. The van der Waals surface area contributed by atoms with E-state index < -0.39 is 52.2 Å². The molecule has 0 amide bonds. The van der Waals surface area contributed by atoms with Crippen molar-refractivity contribution >= 4 is 23.3 Å². The number of anilines is 1. The van der Waals surface area contributed by atoms with Gasteiger partial charge in [0.2, 0.25) is 0 Å². The summed E-state index contributed by atoms with van der Waals surface area (Å²) in [5.41, 5.74) is 0.808. The Morgan fingerprint density at radius 2 is 1.76 bits per heavy atom. The van der Waals surface area contributed by atoms with Gasteiger partial charge < -0.3 is 25.5 Å². The quantitative estimate of drug-likeness (QED) is 0.167. The van der Waals surface area contributed by atoms with Gasteiger partial charge >= 0.3 is 5.69 Å². The number of hydrogen-bond donors (Lipinski definition) is 6. The van der Waals surface area contributed by atoms with Crippen LogP contribution in [-0.2, 0) is 0 Å². The molecule has 0 heterocycles. The molecule has 13 heteroatoms. The van der Waals surface area contributed by atoms with Crippen LogP contribution >= 0.6 is 0 Å². The molecule has 0 fully saturated rings. The Morgan fingerprint density at radius 1 is 1.12 bits per heavy atom. The molecule has 0 aromatic heterocycles. The Balaban J connectivity index is 2.84. The highest BCUT2D eigenvalue weighted by atomic mass is 16.6. The number of rotatable bonds is 9. The summed E-state index contributed by atoms with van der Waals surface area (Å²) >= 11 is 0. The van der Waals surface area contributed by atoms with Crippen molar-refractivity contribution in [3.63, 3.8) is 0 Å². The summed E-state index contributed by atoms with van der Waals surface area (Å²) in [7, 11) is 0. The second-order valence-electron chi connectivity index (χ2n) is 4.83. The number of benzene rings is 1. The van der Waals surface area contributed by atoms with E-state index in [9.17, 15) is 35.5 Å². The van der Waals surface area contributed by atoms with Gasteiger partial charge in [-0.1, -0.05) is 0 Å². The summed E-state index contributed by atoms with van der Waals surface area (Å²) in [6, 6.07) is 2.74. The van der Waals surface area contributed by atoms with Gasteiger partial charge in [-0.25, -0.2) is 0 Å². The lowest BCUT2D eigenvalue weighted by Gasteiger charge is -2.23. The SMILES string of the molecule is O=[N+]([O-])c1ccc(NN=C[C@H](O)[C@@H](O)[C@H](O)[C@H](O)CO)c([N+](=O)[O-])c1. The Labute approximate surface area is 139 Å². The molecule has 0 aliphatic carbocycles. The van der Waals surface area contributed by atoms with Gasteiger partial charge in [0.1, 0.15) is 30.1 Å². The van der Waals surface area contributed by atoms with Crippen molar-refractivity contribution in [3.8, 4) is 0 Å². The van der Waals surface area contributed by atoms with Crippen molar-refractivity contribution in [2.45, 2.75) is 24.4 Å². The molecule has 4 atom stereocenters. The number of aliphatic hydroxyl groups excluding tert-OH is 5. The number of hydrazone groups is 1. The Morgan fingerprint density at radius 3 is 2.28 bits per heavy atom. The lowest BCUT2D eigenvalue weighted by Crippen LogP contribution is -2.46. The summed E-state index contributed by atoms with van der Waals surface area (Å²) < 4.78 is 0.